The van der Waals surface area contributed by atoms with E-state index in [9.17, 15) is 14.4 Å². The van der Waals surface area contributed by atoms with Crippen molar-refractivity contribution in [1.29, 1.82) is 0 Å². The van der Waals surface area contributed by atoms with Gasteiger partial charge in [-0.15, -0.1) is 0 Å². The molecule has 0 spiro atoms. The van der Waals surface area contributed by atoms with Crippen LogP contribution in [0.4, 0.5) is 0 Å². The van der Waals surface area contributed by atoms with Crippen LogP contribution in [0.15, 0.2) is 18.2 Å². The van der Waals surface area contributed by atoms with Crippen molar-refractivity contribution in [3.05, 3.63) is 29.3 Å². The van der Waals surface area contributed by atoms with Crippen LogP contribution < -0.4 is 10.1 Å². The number of carbonyl (C=O) groups is 3. The van der Waals surface area contributed by atoms with Crippen molar-refractivity contribution in [2.75, 3.05) is 7.11 Å². The number of hydrogen-bond acceptors (Lipinski definition) is 4. The Labute approximate surface area is 161 Å². The number of nitrogens with one attached hydrogen (secondary N) is 1. The van der Waals surface area contributed by atoms with E-state index in [1.165, 1.54) is 0 Å². The van der Waals surface area contributed by atoms with Gasteiger partial charge in [0.25, 0.3) is 0 Å². The number of ketones is 2. The van der Waals surface area contributed by atoms with Crippen molar-refractivity contribution >= 4 is 17.5 Å². The predicted molar refractivity (Wildman–Crippen MR) is 105 cm³/mol. The molecule has 0 bridgehead atoms. The molecule has 0 aromatic heterocycles. The largest absolute Gasteiger partial charge is 0.497 e. The van der Waals surface area contributed by atoms with Crippen molar-refractivity contribution in [2.24, 2.45) is 10.8 Å². The number of hydrogen-bond donors (Lipinski definition) is 1. The maximum absolute atomic E-state index is 12.8. The highest BCUT2D eigenvalue weighted by Gasteiger charge is 2.39. The van der Waals surface area contributed by atoms with Gasteiger partial charge in [0.15, 0.2) is 11.6 Å². The summed E-state index contributed by atoms with van der Waals surface area (Å²) in [4.78, 5) is 37.8. The summed E-state index contributed by atoms with van der Waals surface area (Å²) >= 11 is 0. The zero-order valence-corrected chi connectivity index (χ0v) is 17.4. The first kappa shape index (κ1) is 21.1. The number of benzene rings is 1. The Morgan fingerprint density at radius 3 is 2.33 bits per heavy atom. The second-order valence-corrected chi connectivity index (χ2v) is 9.46. The first-order valence-corrected chi connectivity index (χ1v) is 9.39. The normalized spacial score (nSPS) is 18.0. The van der Waals surface area contributed by atoms with Crippen LogP contribution in [0, 0.1) is 10.8 Å². The third kappa shape index (κ3) is 4.76. The number of fused-ring (bicyclic) bond motifs is 1. The summed E-state index contributed by atoms with van der Waals surface area (Å²) < 4.78 is 5.25. The summed E-state index contributed by atoms with van der Waals surface area (Å²) in [6.45, 7) is 11.4. The van der Waals surface area contributed by atoms with E-state index >= 15 is 0 Å². The van der Waals surface area contributed by atoms with Crippen LogP contribution in [-0.4, -0.2) is 30.6 Å². The van der Waals surface area contributed by atoms with Gasteiger partial charge in [0.2, 0.25) is 5.91 Å². The van der Waals surface area contributed by atoms with Gasteiger partial charge >= 0.3 is 0 Å². The molecule has 0 aliphatic heterocycles. The summed E-state index contributed by atoms with van der Waals surface area (Å²) in [5, 5.41) is 2.93. The molecule has 1 aromatic carbocycles. The molecule has 0 fully saturated rings. The van der Waals surface area contributed by atoms with Crippen LogP contribution in [0.3, 0.4) is 0 Å². The zero-order valence-electron chi connectivity index (χ0n) is 17.4. The molecular formula is C22H31NO4. The molecule has 27 heavy (non-hydrogen) atoms. The lowest BCUT2D eigenvalue weighted by Gasteiger charge is -2.35. The first-order valence-electron chi connectivity index (χ1n) is 9.39. The second-order valence-electron chi connectivity index (χ2n) is 9.46. The molecule has 1 amide bonds. The van der Waals surface area contributed by atoms with Gasteiger partial charge in [-0.1, -0.05) is 41.5 Å². The number of carbonyl (C=O) groups excluding carboxylic acids is 3. The van der Waals surface area contributed by atoms with Crippen molar-refractivity contribution in [3.63, 3.8) is 0 Å². The minimum absolute atomic E-state index is 0.00733. The fourth-order valence-corrected chi connectivity index (χ4v) is 3.44. The summed E-state index contributed by atoms with van der Waals surface area (Å²) in [6, 6.07) is 4.78. The highest BCUT2D eigenvalue weighted by molar-refractivity contribution is 6.02. The van der Waals surface area contributed by atoms with E-state index in [-0.39, 0.29) is 29.8 Å². The Hall–Kier alpha value is -2.17. The molecule has 1 aliphatic rings. The van der Waals surface area contributed by atoms with Gasteiger partial charge in [-0.3, -0.25) is 14.4 Å². The molecule has 2 unspecified atom stereocenters. The number of rotatable bonds is 5. The van der Waals surface area contributed by atoms with Gasteiger partial charge in [-0.2, -0.15) is 0 Å². The van der Waals surface area contributed by atoms with E-state index in [1.807, 2.05) is 47.6 Å². The third-order valence-electron chi connectivity index (χ3n) is 5.04. The smallest absolute Gasteiger partial charge is 0.221 e. The quantitative estimate of drug-likeness (QED) is 0.849. The highest BCUT2D eigenvalue weighted by Crippen LogP contribution is 2.37. The second kappa shape index (κ2) is 7.45. The SMILES string of the molecule is COc1ccc2c(c1)C(CC(=O)NC(C(=O)C(C)(C)C)C(C)(C)C)CC2=O. The van der Waals surface area contributed by atoms with Gasteiger partial charge in [-0.25, -0.2) is 0 Å². The average Bonchev–Trinajstić information content (AvgIpc) is 2.85. The Bertz CT molecular complexity index is 753. The fraction of sp³-hybridized carbons (Fsp3) is 0.591. The van der Waals surface area contributed by atoms with Crippen molar-refractivity contribution in [1.82, 2.24) is 5.32 Å². The Kier molecular flexibility index (Phi) is 5.83. The molecular weight excluding hydrogens is 342 g/mol. The van der Waals surface area contributed by atoms with E-state index in [0.29, 0.717) is 17.7 Å². The van der Waals surface area contributed by atoms with Gasteiger partial charge in [0, 0.05) is 29.7 Å². The predicted octanol–water partition coefficient (Wildman–Crippen LogP) is 3.90. The van der Waals surface area contributed by atoms with Crippen LogP contribution in [-0.2, 0) is 9.59 Å². The summed E-state index contributed by atoms with van der Waals surface area (Å²) in [5.41, 5.74) is 0.567. The number of amides is 1. The molecule has 148 valence electrons. The van der Waals surface area contributed by atoms with Gasteiger partial charge in [0.05, 0.1) is 13.2 Å². The minimum atomic E-state index is -0.577. The number of methoxy groups -OCH3 is 1. The molecule has 2 atom stereocenters. The van der Waals surface area contributed by atoms with Crippen molar-refractivity contribution in [3.8, 4) is 5.75 Å². The van der Waals surface area contributed by atoms with Crippen LogP contribution in [0.2, 0.25) is 0 Å². The van der Waals surface area contributed by atoms with E-state index in [0.717, 1.165) is 5.56 Å². The standard InChI is InChI=1S/C22H31NO4/c1-21(2,3)19(20(26)22(4,5)6)23-18(25)11-13-10-17(24)15-9-8-14(27-7)12-16(13)15/h8-9,12-13,19H,10-11H2,1-7H3,(H,23,25). The molecule has 1 aromatic rings. The lowest BCUT2D eigenvalue weighted by Crippen LogP contribution is -2.52. The molecule has 0 saturated heterocycles. The fourth-order valence-electron chi connectivity index (χ4n) is 3.44. The van der Waals surface area contributed by atoms with Crippen LogP contribution >= 0.6 is 0 Å². The monoisotopic (exact) mass is 373 g/mol. The van der Waals surface area contributed by atoms with Gasteiger partial charge in [-0.05, 0) is 29.2 Å². The van der Waals surface area contributed by atoms with Gasteiger partial charge in [0.1, 0.15) is 5.75 Å². The van der Waals surface area contributed by atoms with Crippen LogP contribution in [0.25, 0.3) is 0 Å². The Morgan fingerprint density at radius 1 is 1.19 bits per heavy atom. The van der Waals surface area contributed by atoms with E-state index in [1.54, 1.807) is 19.2 Å². The van der Waals surface area contributed by atoms with Crippen LogP contribution in [0.1, 0.15) is 76.2 Å². The molecule has 5 heteroatoms. The van der Waals surface area contributed by atoms with E-state index < -0.39 is 16.9 Å². The van der Waals surface area contributed by atoms with Crippen LogP contribution in [0.5, 0.6) is 5.75 Å². The first-order chi connectivity index (χ1) is 12.3. The lowest BCUT2D eigenvalue weighted by atomic mass is 9.75. The molecule has 5 nitrogen and oxygen atoms in total. The average molecular weight is 373 g/mol. The Balaban J connectivity index is 2.18. The topological polar surface area (TPSA) is 72.5 Å². The molecule has 2 rings (SSSR count). The summed E-state index contributed by atoms with van der Waals surface area (Å²) in [6.07, 6.45) is 0.485. The summed E-state index contributed by atoms with van der Waals surface area (Å²) in [5.74, 6) is 0.329. The van der Waals surface area contributed by atoms with E-state index in [2.05, 4.69) is 5.32 Å². The molecule has 1 aliphatic carbocycles. The van der Waals surface area contributed by atoms with E-state index in [4.69, 9.17) is 4.74 Å². The third-order valence-corrected chi connectivity index (χ3v) is 5.04. The molecule has 0 saturated carbocycles. The summed E-state index contributed by atoms with van der Waals surface area (Å²) in [7, 11) is 1.58. The van der Waals surface area contributed by atoms with Crippen molar-refractivity contribution < 1.29 is 19.1 Å². The maximum atomic E-state index is 12.8. The molecule has 0 radical (unpaired) electrons. The van der Waals surface area contributed by atoms with Gasteiger partial charge < -0.3 is 10.1 Å². The number of Topliss-reactive ketones (excluding diaryl/α,β-unsaturated/α-hetero) is 2. The highest BCUT2D eigenvalue weighted by atomic mass is 16.5. The minimum Gasteiger partial charge on any atom is -0.497 e. The lowest BCUT2D eigenvalue weighted by molar-refractivity contribution is -0.135. The Morgan fingerprint density at radius 2 is 1.81 bits per heavy atom. The molecule has 0 heterocycles. The van der Waals surface area contributed by atoms with Crippen molar-refractivity contribution in [2.45, 2.75) is 66.3 Å². The number of ether oxygens (including phenoxy) is 1. The zero-order chi connectivity index (χ0) is 20.6. The maximum Gasteiger partial charge on any atom is 0.221 e. The molecule has 1 N–H and O–H groups in total.